The fourth-order valence-electron chi connectivity index (χ4n) is 2.93. The van der Waals surface area contributed by atoms with Gasteiger partial charge in [-0.3, -0.25) is 4.79 Å². The Morgan fingerprint density at radius 3 is 2.58 bits per heavy atom. The highest BCUT2D eigenvalue weighted by Gasteiger charge is 2.15. The largest absolute Gasteiger partial charge is 0.481 e. The predicted molar refractivity (Wildman–Crippen MR) is 89.6 cm³/mol. The van der Waals surface area contributed by atoms with E-state index in [0.717, 1.165) is 37.0 Å². The molecule has 1 aliphatic rings. The standard InChI is InChI=1S/C18H25NO5/c1-12-9-14(10-13(2)17(12)24-11-16(20)21)18(22)19-7-6-15-5-3-4-8-23-15/h9-10,15H,3-8,11H2,1-2H3,(H,19,22)(H,20,21). The number of nitrogens with one attached hydrogen (secondary N) is 1. The molecule has 1 aliphatic heterocycles. The van der Waals surface area contributed by atoms with Crippen LogP contribution in [0, 0.1) is 13.8 Å². The molecule has 1 aromatic rings. The van der Waals surface area contributed by atoms with Gasteiger partial charge in [-0.25, -0.2) is 4.79 Å². The Balaban J connectivity index is 1.90. The molecule has 1 heterocycles. The second-order valence-corrected chi connectivity index (χ2v) is 6.15. The maximum Gasteiger partial charge on any atom is 0.341 e. The van der Waals surface area contributed by atoms with Gasteiger partial charge in [0.05, 0.1) is 6.10 Å². The van der Waals surface area contributed by atoms with E-state index in [2.05, 4.69) is 5.32 Å². The van der Waals surface area contributed by atoms with Crippen LogP contribution in [-0.4, -0.2) is 42.8 Å². The van der Waals surface area contributed by atoms with Crippen LogP contribution in [-0.2, 0) is 9.53 Å². The van der Waals surface area contributed by atoms with Crippen molar-refractivity contribution in [3.63, 3.8) is 0 Å². The fraction of sp³-hybridized carbons (Fsp3) is 0.556. The third kappa shape index (κ3) is 5.23. The highest BCUT2D eigenvalue weighted by atomic mass is 16.5. The van der Waals surface area contributed by atoms with Crippen molar-refractivity contribution >= 4 is 11.9 Å². The summed E-state index contributed by atoms with van der Waals surface area (Å²) in [6, 6.07) is 3.44. The molecule has 1 atom stereocenters. The molecule has 1 aromatic carbocycles. The number of hydrogen-bond donors (Lipinski definition) is 2. The van der Waals surface area contributed by atoms with Gasteiger partial charge >= 0.3 is 5.97 Å². The van der Waals surface area contributed by atoms with Crippen LogP contribution in [0.3, 0.4) is 0 Å². The van der Waals surface area contributed by atoms with Gasteiger partial charge in [-0.05, 0) is 62.8 Å². The van der Waals surface area contributed by atoms with Crippen molar-refractivity contribution in [1.82, 2.24) is 5.32 Å². The van der Waals surface area contributed by atoms with Crippen LogP contribution in [0.5, 0.6) is 5.75 Å². The molecule has 6 heteroatoms. The van der Waals surface area contributed by atoms with Crippen LogP contribution in [0.4, 0.5) is 0 Å². The van der Waals surface area contributed by atoms with Crippen molar-refractivity contribution < 1.29 is 24.2 Å². The van der Waals surface area contributed by atoms with Gasteiger partial charge < -0.3 is 19.9 Å². The van der Waals surface area contributed by atoms with E-state index in [1.165, 1.54) is 6.42 Å². The molecular formula is C18H25NO5. The molecule has 1 saturated heterocycles. The van der Waals surface area contributed by atoms with Crippen molar-refractivity contribution in [3.05, 3.63) is 28.8 Å². The molecule has 0 aliphatic carbocycles. The summed E-state index contributed by atoms with van der Waals surface area (Å²) in [6.07, 6.45) is 4.44. The van der Waals surface area contributed by atoms with Gasteiger partial charge in [0.2, 0.25) is 0 Å². The van der Waals surface area contributed by atoms with E-state index < -0.39 is 12.6 Å². The van der Waals surface area contributed by atoms with Crippen molar-refractivity contribution in [2.24, 2.45) is 0 Å². The Kier molecular flexibility index (Phi) is 6.61. The number of aliphatic carboxylic acids is 1. The molecule has 0 saturated carbocycles. The van der Waals surface area contributed by atoms with Crippen LogP contribution in [0.1, 0.15) is 47.2 Å². The number of carbonyl (C=O) groups excluding carboxylic acids is 1. The quantitative estimate of drug-likeness (QED) is 0.799. The Morgan fingerprint density at radius 1 is 1.29 bits per heavy atom. The number of aryl methyl sites for hydroxylation is 2. The normalized spacial score (nSPS) is 17.3. The number of amides is 1. The molecule has 24 heavy (non-hydrogen) atoms. The molecule has 0 radical (unpaired) electrons. The molecule has 2 N–H and O–H groups in total. The summed E-state index contributed by atoms with van der Waals surface area (Å²) < 4.78 is 10.9. The third-order valence-electron chi connectivity index (χ3n) is 4.09. The molecule has 0 aromatic heterocycles. The monoisotopic (exact) mass is 335 g/mol. The van der Waals surface area contributed by atoms with Crippen LogP contribution in [0.25, 0.3) is 0 Å². The second-order valence-electron chi connectivity index (χ2n) is 6.15. The summed E-state index contributed by atoms with van der Waals surface area (Å²) in [6.45, 7) is 4.61. The lowest BCUT2D eigenvalue weighted by Crippen LogP contribution is -2.29. The molecular weight excluding hydrogens is 310 g/mol. The lowest BCUT2D eigenvalue weighted by molar-refractivity contribution is -0.139. The number of hydrogen-bond acceptors (Lipinski definition) is 4. The minimum Gasteiger partial charge on any atom is -0.481 e. The molecule has 132 valence electrons. The first-order valence-electron chi connectivity index (χ1n) is 8.33. The average Bonchev–Trinajstić information content (AvgIpc) is 2.54. The lowest BCUT2D eigenvalue weighted by atomic mass is 10.0. The van der Waals surface area contributed by atoms with Gasteiger partial charge in [-0.15, -0.1) is 0 Å². The second kappa shape index (κ2) is 8.68. The third-order valence-corrected chi connectivity index (χ3v) is 4.09. The summed E-state index contributed by atoms with van der Waals surface area (Å²) in [5.41, 5.74) is 2.05. The van der Waals surface area contributed by atoms with Crippen molar-refractivity contribution in [2.75, 3.05) is 19.8 Å². The average molecular weight is 335 g/mol. The smallest absolute Gasteiger partial charge is 0.341 e. The zero-order valence-corrected chi connectivity index (χ0v) is 14.3. The van der Waals surface area contributed by atoms with E-state index in [0.29, 0.717) is 17.9 Å². The highest BCUT2D eigenvalue weighted by molar-refractivity contribution is 5.94. The zero-order chi connectivity index (χ0) is 17.5. The summed E-state index contributed by atoms with van der Waals surface area (Å²) in [5, 5.41) is 11.6. The van der Waals surface area contributed by atoms with Gasteiger partial charge in [0.25, 0.3) is 5.91 Å². The van der Waals surface area contributed by atoms with E-state index in [9.17, 15) is 9.59 Å². The van der Waals surface area contributed by atoms with Crippen molar-refractivity contribution in [3.8, 4) is 5.75 Å². The zero-order valence-electron chi connectivity index (χ0n) is 14.3. The summed E-state index contributed by atoms with van der Waals surface area (Å²) in [4.78, 5) is 22.9. The summed E-state index contributed by atoms with van der Waals surface area (Å²) >= 11 is 0. The first-order valence-corrected chi connectivity index (χ1v) is 8.33. The van der Waals surface area contributed by atoms with E-state index in [4.69, 9.17) is 14.6 Å². The minimum atomic E-state index is -1.03. The SMILES string of the molecule is Cc1cc(C(=O)NCCC2CCCCO2)cc(C)c1OCC(=O)O. The van der Waals surface area contributed by atoms with E-state index in [-0.39, 0.29) is 12.0 Å². The first kappa shape index (κ1) is 18.3. The van der Waals surface area contributed by atoms with Crippen LogP contribution >= 0.6 is 0 Å². The van der Waals surface area contributed by atoms with Gasteiger partial charge in [-0.1, -0.05) is 0 Å². The van der Waals surface area contributed by atoms with E-state index in [1.807, 2.05) is 0 Å². The maximum absolute atomic E-state index is 12.3. The predicted octanol–water partition coefficient (Wildman–Crippen LogP) is 2.46. The van der Waals surface area contributed by atoms with Gasteiger partial charge in [0.15, 0.2) is 6.61 Å². The number of ether oxygens (including phenoxy) is 2. The van der Waals surface area contributed by atoms with Gasteiger partial charge in [0.1, 0.15) is 5.75 Å². The molecule has 0 spiro atoms. The number of carboxylic acid groups (broad SMARTS) is 1. The molecule has 1 amide bonds. The van der Waals surface area contributed by atoms with Gasteiger partial charge in [-0.2, -0.15) is 0 Å². The summed E-state index contributed by atoms with van der Waals surface area (Å²) in [5.74, 6) is -0.646. The number of rotatable bonds is 7. The number of benzene rings is 1. The fourth-order valence-corrected chi connectivity index (χ4v) is 2.93. The lowest BCUT2D eigenvalue weighted by Gasteiger charge is -2.22. The number of carboxylic acids is 1. The van der Waals surface area contributed by atoms with Crippen LogP contribution in [0.2, 0.25) is 0 Å². The van der Waals surface area contributed by atoms with E-state index >= 15 is 0 Å². The molecule has 1 fully saturated rings. The van der Waals surface area contributed by atoms with Crippen LogP contribution < -0.4 is 10.1 Å². The maximum atomic E-state index is 12.3. The topological polar surface area (TPSA) is 84.9 Å². The van der Waals surface area contributed by atoms with Crippen molar-refractivity contribution in [1.29, 1.82) is 0 Å². The Bertz CT molecular complexity index is 570. The molecule has 6 nitrogen and oxygen atoms in total. The molecule has 0 bridgehead atoms. The molecule has 1 unspecified atom stereocenters. The van der Waals surface area contributed by atoms with Crippen LogP contribution in [0.15, 0.2) is 12.1 Å². The Labute approximate surface area is 142 Å². The van der Waals surface area contributed by atoms with Crippen molar-refractivity contribution in [2.45, 2.75) is 45.6 Å². The minimum absolute atomic E-state index is 0.137. The molecule has 2 rings (SSSR count). The Morgan fingerprint density at radius 2 is 2.00 bits per heavy atom. The van der Waals surface area contributed by atoms with E-state index in [1.54, 1.807) is 26.0 Å². The number of carbonyl (C=O) groups is 2. The highest BCUT2D eigenvalue weighted by Crippen LogP contribution is 2.25. The summed E-state index contributed by atoms with van der Waals surface area (Å²) in [7, 11) is 0. The first-order chi connectivity index (χ1) is 11.5. The van der Waals surface area contributed by atoms with Gasteiger partial charge in [0, 0.05) is 18.7 Å². The Hall–Kier alpha value is -2.08.